The van der Waals surface area contributed by atoms with Gasteiger partial charge in [-0.1, -0.05) is 6.92 Å². The number of carbonyl (C=O) groups is 1. The van der Waals surface area contributed by atoms with E-state index in [4.69, 9.17) is 0 Å². The maximum absolute atomic E-state index is 12.4. The number of hydrogen-bond acceptors (Lipinski definition) is 3. The minimum Gasteiger partial charge on any atom is -0.287 e. The monoisotopic (exact) mass is 307 g/mol. The molecule has 18 heavy (non-hydrogen) atoms. The summed E-state index contributed by atoms with van der Waals surface area (Å²) in [5.41, 5.74) is 2.15. The molecule has 2 heterocycles. The zero-order valence-corrected chi connectivity index (χ0v) is 11.9. The van der Waals surface area contributed by atoms with E-state index in [9.17, 15) is 4.79 Å². The first-order chi connectivity index (χ1) is 8.63. The summed E-state index contributed by atoms with van der Waals surface area (Å²) in [6.07, 6.45) is 5.91. The Balaban J connectivity index is 2.42. The number of carbonyl (C=O) groups excluding carboxylic acids is 1. The maximum atomic E-state index is 12.4. The highest BCUT2D eigenvalue weighted by Gasteiger charge is 2.18. The van der Waals surface area contributed by atoms with E-state index >= 15 is 0 Å². The van der Waals surface area contributed by atoms with Gasteiger partial charge in [-0.3, -0.25) is 14.5 Å². The fraction of sp³-hybridized carbons (Fsp3) is 0.308. The number of hydrogen-bond donors (Lipinski definition) is 0. The highest BCUT2D eigenvalue weighted by Crippen LogP contribution is 2.20. The van der Waals surface area contributed by atoms with Crippen molar-refractivity contribution in [2.45, 2.75) is 26.8 Å². The molecule has 0 atom stereocenters. The van der Waals surface area contributed by atoms with Gasteiger partial charge in [0.05, 0.1) is 10.7 Å². The number of aryl methyl sites for hydroxylation is 2. The Bertz CT molecular complexity index is 577. The van der Waals surface area contributed by atoms with Crippen molar-refractivity contribution in [1.82, 2.24) is 14.8 Å². The lowest BCUT2D eigenvalue weighted by atomic mass is 10.1. The molecule has 0 aliphatic rings. The van der Waals surface area contributed by atoms with Crippen LogP contribution in [0.25, 0.3) is 0 Å². The van der Waals surface area contributed by atoms with Crippen LogP contribution in [0.3, 0.4) is 0 Å². The third-order valence-electron chi connectivity index (χ3n) is 2.58. The zero-order valence-electron chi connectivity index (χ0n) is 10.4. The molecular formula is C13H14BrN3O. The lowest BCUT2D eigenvalue weighted by molar-refractivity contribution is 0.102. The molecule has 0 saturated heterocycles. The standard InChI is InChI=1S/C13H14BrN3O/c1-3-4-17-12(11(14)8-16-17)13(18)10-5-9(2)6-15-7-10/h5-8H,3-4H2,1-2H3. The van der Waals surface area contributed by atoms with Crippen molar-refractivity contribution in [3.63, 3.8) is 0 Å². The SMILES string of the molecule is CCCn1ncc(Br)c1C(=O)c1cncc(C)c1. The molecule has 2 aromatic rings. The second-order valence-electron chi connectivity index (χ2n) is 4.14. The van der Waals surface area contributed by atoms with Crippen molar-refractivity contribution >= 4 is 21.7 Å². The largest absolute Gasteiger partial charge is 0.287 e. The summed E-state index contributed by atoms with van der Waals surface area (Å²) in [5.74, 6) is -0.0518. The van der Waals surface area contributed by atoms with Gasteiger partial charge in [0, 0.05) is 24.5 Å². The number of ketones is 1. The molecule has 0 amide bonds. The number of pyridine rings is 1. The Labute approximate surface area is 114 Å². The average Bonchev–Trinajstić information content (AvgIpc) is 2.70. The van der Waals surface area contributed by atoms with E-state index in [0.29, 0.717) is 11.3 Å². The predicted molar refractivity (Wildman–Crippen MR) is 72.6 cm³/mol. The second kappa shape index (κ2) is 5.44. The molecule has 0 radical (unpaired) electrons. The molecule has 0 saturated carbocycles. The van der Waals surface area contributed by atoms with E-state index in [2.05, 4.69) is 32.9 Å². The summed E-state index contributed by atoms with van der Waals surface area (Å²) in [6, 6.07) is 1.84. The highest BCUT2D eigenvalue weighted by atomic mass is 79.9. The van der Waals surface area contributed by atoms with E-state index in [0.717, 1.165) is 23.0 Å². The molecule has 0 unspecified atom stereocenters. The molecule has 0 aromatic carbocycles. The van der Waals surface area contributed by atoms with E-state index < -0.39 is 0 Å². The normalized spacial score (nSPS) is 10.6. The van der Waals surface area contributed by atoms with Crippen molar-refractivity contribution in [2.75, 3.05) is 0 Å². The molecule has 2 rings (SSSR count). The van der Waals surface area contributed by atoms with Crippen molar-refractivity contribution < 1.29 is 4.79 Å². The van der Waals surface area contributed by atoms with Gasteiger partial charge < -0.3 is 0 Å². The van der Waals surface area contributed by atoms with Gasteiger partial charge in [0.15, 0.2) is 0 Å². The summed E-state index contributed by atoms with van der Waals surface area (Å²) in [5, 5.41) is 4.20. The fourth-order valence-electron chi connectivity index (χ4n) is 1.79. The number of nitrogens with zero attached hydrogens (tertiary/aromatic N) is 3. The molecular weight excluding hydrogens is 294 g/mol. The third-order valence-corrected chi connectivity index (χ3v) is 3.16. The van der Waals surface area contributed by atoms with Crippen molar-refractivity contribution in [3.8, 4) is 0 Å². The lowest BCUT2D eigenvalue weighted by Gasteiger charge is -2.06. The molecule has 0 spiro atoms. The van der Waals surface area contributed by atoms with Crippen LogP contribution < -0.4 is 0 Å². The minimum absolute atomic E-state index is 0.0518. The van der Waals surface area contributed by atoms with Gasteiger partial charge >= 0.3 is 0 Å². The summed E-state index contributed by atoms with van der Waals surface area (Å²) < 4.78 is 2.46. The Hall–Kier alpha value is -1.49. The number of halogens is 1. The van der Waals surface area contributed by atoms with Crippen molar-refractivity contribution in [1.29, 1.82) is 0 Å². The van der Waals surface area contributed by atoms with Gasteiger partial charge in [0.2, 0.25) is 5.78 Å². The Kier molecular flexibility index (Phi) is 3.91. The fourth-order valence-corrected chi connectivity index (χ4v) is 2.26. The first-order valence-corrected chi connectivity index (χ1v) is 6.60. The Morgan fingerprint density at radius 2 is 2.17 bits per heavy atom. The first kappa shape index (κ1) is 13.0. The summed E-state index contributed by atoms with van der Waals surface area (Å²) in [7, 11) is 0. The van der Waals surface area contributed by atoms with Crippen LogP contribution in [0.15, 0.2) is 29.1 Å². The highest BCUT2D eigenvalue weighted by molar-refractivity contribution is 9.10. The number of aromatic nitrogens is 3. The van der Waals surface area contributed by atoms with Gasteiger partial charge in [0.1, 0.15) is 5.69 Å². The third kappa shape index (κ3) is 2.51. The van der Waals surface area contributed by atoms with Crippen LogP contribution in [0.1, 0.15) is 35.0 Å². The first-order valence-electron chi connectivity index (χ1n) is 5.81. The van der Waals surface area contributed by atoms with Crippen molar-refractivity contribution in [3.05, 3.63) is 46.0 Å². The topological polar surface area (TPSA) is 47.8 Å². The predicted octanol–water partition coefficient (Wildman–Crippen LogP) is 2.99. The smallest absolute Gasteiger partial charge is 0.213 e. The average molecular weight is 308 g/mol. The van der Waals surface area contributed by atoms with Gasteiger partial charge in [-0.05, 0) is 40.9 Å². The molecule has 0 aliphatic heterocycles. The lowest BCUT2D eigenvalue weighted by Crippen LogP contribution is -2.12. The number of rotatable bonds is 4. The van der Waals surface area contributed by atoms with E-state index in [1.54, 1.807) is 23.3 Å². The van der Waals surface area contributed by atoms with E-state index in [-0.39, 0.29) is 5.78 Å². The molecule has 0 fully saturated rings. The maximum Gasteiger partial charge on any atom is 0.213 e. The molecule has 0 N–H and O–H groups in total. The van der Waals surface area contributed by atoms with Crippen LogP contribution in [0.2, 0.25) is 0 Å². The van der Waals surface area contributed by atoms with Gasteiger partial charge in [-0.2, -0.15) is 5.10 Å². The van der Waals surface area contributed by atoms with Crippen LogP contribution in [-0.2, 0) is 6.54 Å². The molecule has 0 bridgehead atoms. The quantitative estimate of drug-likeness (QED) is 0.816. The van der Waals surface area contributed by atoms with E-state index in [1.165, 1.54) is 0 Å². The molecule has 4 nitrogen and oxygen atoms in total. The van der Waals surface area contributed by atoms with E-state index in [1.807, 2.05) is 13.0 Å². The van der Waals surface area contributed by atoms with Crippen molar-refractivity contribution in [2.24, 2.45) is 0 Å². The van der Waals surface area contributed by atoms with Crippen LogP contribution in [0, 0.1) is 6.92 Å². The molecule has 94 valence electrons. The van der Waals surface area contributed by atoms with Crippen LogP contribution in [0.4, 0.5) is 0 Å². The van der Waals surface area contributed by atoms with Crippen LogP contribution in [-0.4, -0.2) is 20.5 Å². The van der Waals surface area contributed by atoms with Gasteiger partial charge in [0.25, 0.3) is 0 Å². The van der Waals surface area contributed by atoms with Gasteiger partial charge in [-0.25, -0.2) is 0 Å². The second-order valence-corrected chi connectivity index (χ2v) is 5.00. The van der Waals surface area contributed by atoms with Crippen LogP contribution >= 0.6 is 15.9 Å². The molecule has 5 heteroatoms. The molecule has 0 aliphatic carbocycles. The summed E-state index contributed by atoms with van der Waals surface area (Å²) in [6.45, 7) is 4.70. The zero-order chi connectivity index (χ0) is 13.1. The van der Waals surface area contributed by atoms with Gasteiger partial charge in [-0.15, -0.1) is 0 Å². The minimum atomic E-state index is -0.0518. The molecule has 2 aromatic heterocycles. The Morgan fingerprint density at radius 3 is 2.83 bits per heavy atom. The summed E-state index contributed by atoms with van der Waals surface area (Å²) in [4.78, 5) is 16.5. The van der Waals surface area contributed by atoms with Crippen LogP contribution in [0.5, 0.6) is 0 Å². The summed E-state index contributed by atoms with van der Waals surface area (Å²) >= 11 is 3.38. The Morgan fingerprint density at radius 1 is 1.39 bits per heavy atom.